The van der Waals surface area contributed by atoms with Crippen LogP contribution in [0.2, 0.25) is 0 Å². The lowest BCUT2D eigenvalue weighted by Gasteiger charge is -2.35. The Hall–Kier alpha value is -3.00. The minimum atomic E-state index is -0.319. The molecule has 3 heterocycles. The van der Waals surface area contributed by atoms with E-state index in [1.54, 1.807) is 6.92 Å². The molecule has 1 fully saturated rings. The summed E-state index contributed by atoms with van der Waals surface area (Å²) in [5.41, 5.74) is 3.08. The van der Waals surface area contributed by atoms with Gasteiger partial charge >= 0.3 is 5.97 Å². The number of hydrogen-bond acceptors (Lipinski definition) is 7. The summed E-state index contributed by atoms with van der Waals surface area (Å²) in [5, 5.41) is 0.898. The number of thiophene rings is 1. The van der Waals surface area contributed by atoms with Crippen molar-refractivity contribution >= 4 is 39.2 Å². The average molecular weight is 439 g/mol. The first-order chi connectivity index (χ1) is 15.0. The fraction of sp³-hybridized carbons (Fsp3) is 0.391. The third-order valence-corrected chi connectivity index (χ3v) is 6.76. The third-order valence-electron chi connectivity index (χ3n) is 5.58. The average Bonchev–Trinajstić information content (AvgIpc) is 3.12. The number of anilines is 1. The molecule has 1 aliphatic heterocycles. The van der Waals surface area contributed by atoms with Crippen LogP contribution in [0.15, 0.2) is 30.6 Å². The number of nitrogens with zero attached hydrogens (tertiary/aromatic N) is 4. The molecule has 0 saturated carbocycles. The molecule has 3 aromatic rings. The number of ether oxygens (including phenoxy) is 1. The Balaban J connectivity index is 1.47. The zero-order valence-electron chi connectivity index (χ0n) is 18.1. The summed E-state index contributed by atoms with van der Waals surface area (Å²) in [5.74, 6) is 0.646. The normalized spacial score (nSPS) is 14.2. The van der Waals surface area contributed by atoms with Crippen LogP contribution in [-0.2, 0) is 16.0 Å². The number of benzene rings is 1. The van der Waals surface area contributed by atoms with Crippen LogP contribution in [0.3, 0.4) is 0 Å². The maximum Gasteiger partial charge on any atom is 0.348 e. The number of carbonyl (C=O) groups is 2. The van der Waals surface area contributed by atoms with Crippen LogP contribution in [-0.4, -0.2) is 59.5 Å². The maximum atomic E-state index is 12.7. The van der Waals surface area contributed by atoms with Gasteiger partial charge in [0.15, 0.2) is 0 Å². The number of aryl methyl sites for hydroxylation is 2. The second-order valence-corrected chi connectivity index (χ2v) is 8.68. The molecule has 1 aromatic carbocycles. The molecule has 0 unspecified atom stereocenters. The molecule has 2 aromatic heterocycles. The molecule has 1 saturated heterocycles. The molecule has 8 heteroatoms. The van der Waals surface area contributed by atoms with E-state index in [0.717, 1.165) is 27.2 Å². The van der Waals surface area contributed by atoms with Gasteiger partial charge in [-0.2, -0.15) is 0 Å². The molecule has 0 radical (unpaired) electrons. The molecule has 31 heavy (non-hydrogen) atoms. The van der Waals surface area contributed by atoms with Gasteiger partial charge in [-0.3, -0.25) is 4.79 Å². The fourth-order valence-electron chi connectivity index (χ4n) is 3.84. The first-order valence-corrected chi connectivity index (χ1v) is 11.3. The highest BCUT2D eigenvalue weighted by atomic mass is 32.1. The minimum absolute atomic E-state index is 0.146. The Bertz CT molecular complexity index is 1100. The molecule has 1 amide bonds. The second-order valence-electron chi connectivity index (χ2n) is 7.68. The van der Waals surface area contributed by atoms with Gasteiger partial charge in [0.05, 0.1) is 18.4 Å². The van der Waals surface area contributed by atoms with E-state index in [0.29, 0.717) is 44.1 Å². The Kier molecular flexibility index (Phi) is 6.18. The molecule has 0 atom stereocenters. The van der Waals surface area contributed by atoms with Crippen molar-refractivity contribution in [3.63, 3.8) is 0 Å². The van der Waals surface area contributed by atoms with Crippen molar-refractivity contribution in [3.8, 4) is 0 Å². The van der Waals surface area contributed by atoms with Crippen LogP contribution in [0.1, 0.15) is 33.3 Å². The topological polar surface area (TPSA) is 75.6 Å². The first-order valence-electron chi connectivity index (χ1n) is 10.5. The number of esters is 1. The standard InChI is InChI=1S/C23H26N4O3S/c1-4-30-23(29)20-16(3)19-21(24-14-25-22(19)31-20)27-11-9-26(10-12-27)18(28)13-17-7-5-15(2)6-8-17/h5-8,14H,4,9-13H2,1-3H3. The van der Waals surface area contributed by atoms with E-state index < -0.39 is 0 Å². The summed E-state index contributed by atoms with van der Waals surface area (Å²) in [6.07, 6.45) is 1.96. The lowest BCUT2D eigenvalue weighted by Crippen LogP contribution is -2.49. The monoisotopic (exact) mass is 438 g/mol. The summed E-state index contributed by atoms with van der Waals surface area (Å²) < 4.78 is 5.18. The highest BCUT2D eigenvalue weighted by molar-refractivity contribution is 7.20. The van der Waals surface area contributed by atoms with Crippen LogP contribution in [0, 0.1) is 13.8 Å². The molecule has 7 nitrogen and oxygen atoms in total. The molecular weight excluding hydrogens is 412 g/mol. The number of aromatic nitrogens is 2. The quantitative estimate of drug-likeness (QED) is 0.569. The highest BCUT2D eigenvalue weighted by Gasteiger charge is 2.26. The van der Waals surface area contributed by atoms with E-state index in [-0.39, 0.29) is 11.9 Å². The van der Waals surface area contributed by atoms with E-state index in [4.69, 9.17) is 4.74 Å². The van der Waals surface area contributed by atoms with Gasteiger partial charge in [-0.05, 0) is 31.9 Å². The number of hydrogen-bond donors (Lipinski definition) is 0. The van der Waals surface area contributed by atoms with Gasteiger partial charge in [0, 0.05) is 26.2 Å². The SMILES string of the molecule is CCOC(=O)c1sc2ncnc(N3CCN(C(=O)Cc4ccc(C)cc4)CC3)c2c1C. The van der Waals surface area contributed by atoms with E-state index in [1.807, 2.05) is 43.0 Å². The van der Waals surface area contributed by atoms with Crippen molar-refractivity contribution < 1.29 is 14.3 Å². The highest BCUT2D eigenvalue weighted by Crippen LogP contribution is 2.35. The second kappa shape index (κ2) is 9.01. The van der Waals surface area contributed by atoms with Gasteiger partial charge in [0.1, 0.15) is 21.9 Å². The lowest BCUT2D eigenvalue weighted by atomic mass is 10.1. The molecule has 162 valence electrons. The van der Waals surface area contributed by atoms with Gasteiger partial charge in [-0.15, -0.1) is 11.3 Å². The molecular formula is C23H26N4O3S. The van der Waals surface area contributed by atoms with E-state index in [9.17, 15) is 9.59 Å². The number of rotatable bonds is 5. The third kappa shape index (κ3) is 4.39. The lowest BCUT2D eigenvalue weighted by molar-refractivity contribution is -0.130. The van der Waals surface area contributed by atoms with Crippen LogP contribution in [0.4, 0.5) is 5.82 Å². The van der Waals surface area contributed by atoms with Crippen LogP contribution in [0.5, 0.6) is 0 Å². The Morgan fingerprint density at radius 3 is 2.45 bits per heavy atom. The van der Waals surface area contributed by atoms with Gasteiger partial charge in [0.25, 0.3) is 0 Å². The van der Waals surface area contributed by atoms with Crippen LogP contribution in [0.25, 0.3) is 10.2 Å². The minimum Gasteiger partial charge on any atom is -0.462 e. The zero-order valence-corrected chi connectivity index (χ0v) is 18.9. The van der Waals surface area contributed by atoms with Crippen molar-refractivity contribution in [2.45, 2.75) is 27.2 Å². The zero-order chi connectivity index (χ0) is 22.0. The Morgan fingerprint density at radius 2 is 1.77 bits per heavy atom. The number of amides is 1. The van der Waals surface area contributed by atoms with Crippen molar-refractivity contribution in [2.75, 3.05) is 37.7 Å². The van der Waals surface area contributed by atoms with E-state index in [2.05, 4.69) is 14.9 Å². The summed E-state index contributed by atoms with van der Waals surface area (Å²) in [6, 6.07) is 8.10. The Labute approximate surface area is 185 Å². The predicted molar refractivity (Wildman–Crippen MR) is 122 cm³/mol. The van der Waals surface area contributed by atoms with Gasteiger partial charge in [-0.25, -0.2) is 14.8 Å². The molecule has 1 aliphatic rings. The van der Waals surface area contributed by atoms with Crippen LogP contribution < -0.4 is 4.90 Å². The fourth-order valence-corrected chi connectivity index (χ4v) is 4.88. The summed E-state index contributed by atoms with van der Waals surface area (Å²) >= 11 is 1.34. The van der Waals surface area contributed by atoms with E-state index in [1.165, 1.54) is 23.2 Å². The Morgan fingerprint density at radius 1 is 1.06 bits per heavy atom. The molecule has 0 aliphatic carbocycles. The first kappa shape index (κ1) is 21.2. The van der Waals surface area contributed by atoms with E-state index >= 15 is 0 Å². The van der Waals surface area contributed by atoms with Gasteiger partial charge < -0.3 is 14.5 Å². The van der Waals surface area contributed by atoms with Gasteiger partial charge in [0.2, 0.25) is 5.91 Å². The summed E-state index contributed by atoms with van der Waals surface area (Å²) in [7, 11) is 0. The predicted octanol–water partition coefficient (Wildman–Crippen LogP) is 3.38. The molecule has 0 bridgehead atoms. The maximum absolute atomic E-state index is 12.7. The van der Waals surface area contributed by atoms with Crippen LogP contribution >= 0.6 is 11.3 Å². The number of piperazine rings is 1. The number of fused-ring (bicyclic) bond motifs is 1. The van der Waals surface area contributed by atoms with Crippen molar-refractivity contribution in [1.29, 1.82) is 0 Å². The molecule has 4 rings (SSSR count). The number of carbonyl (C=O) groups excluding carboxylic acids is 2. The van der Waals surface area contributed by atoms with Crippen molar-refractivity contribution in [3.05, 3.63) is 52.2 Å². The van der Waals surface area contributed by atoms with Gasteiger partial charge in [-0.1, -0.05) is 29.8 Å². The summed E-state index contributed by atoms with van der Waals surface area (Å²) in [4.78, 5) is 39.4. The largest absolute Gasteiger partial charge is 0.462 e. The van der Waals surface area contributed by atoms with Crippen molar-refractivity contribution in [2.24, 2.45) is 0 Å². The molecule has 0 spiro atoms. The van der Waals surface area contributed by atoms with Crippen molar-refractivity contribution in [1.82, 2.24) is 14.9 Å². The summed E-state index contributed by atoms with van der Waals surface area (Å²) in [6.45, 7) is 8.76. The smallest absolute Gasteiger partial charge is 0.348 e. The molecule has 0 N–H and O–H groups in total.